The number of phenolic OH excluding ortho intramolecular Hbond substituents is 1. The Hall–Kier alpha value is -1.93. The molecule has 136 valence electrons. The molecule has 0 radical (unpaired) electrons. The van der Waals surface area contributed by atoms with Gasteiger partial charge in [-0.15, -0.1) is 0 Å². The number of esters is 1. The number of nitrogens with two attached hydrogens (primary N) is 1. The Morgan fingerprint density at radius 3 is 2.68 bits per heavy atom. The number of aldehydes is 1. The van der Waals surface area contributed by atoms with Crippen LogP contribution in [-0.2, 0) is 20.9 Å². The number of nitrogens with zero attached hydrogens (tertiary/aromatic N) is 1. The Morgan fingerprint density at radius 1 is 1.48 bits per heavy atom. The molecule has 1 aromatic rings. The van der Waals surface area contributed by atoms with Crippen LogP contribution in [-0.4, -0.2) is 45.9 Å². The van der Waals surface area contributed by atoms with E-state index >= 15 is 0 Å². The van der Waals surface area contributed by atoms with E-state index in [0.29, 0.717) is 21.9 Å². The van der Waals surface area contributed by atoms with Crippen molar-refractivity contribution in [2.24, 2.45) is 5.73 Å². The molecular formula is C17H21BrN2O5. The van der Waals surface area contributed by atoms with Gasteiger partial charge in [-0.05, 0) is 48.8 Å². The zero-order chi connectivity index (χ0) is 18.9. The lowest BCUT2D eigenvalue weighted by Gasteiger charge is -2.27. The quantitative estimate of drug-likeness (QED) is 0.562. The predicted octanol–water partition coefficient (Wildman–Crippen LogP) is 1.74. The van der Waals surface area contributed by atoms with Gasteiger partial charge in [0.25, 0.3) is 5.91 Å². The molecule has 2 unspecified atom stereocenters. The highest BCUT2D eigenvalue weighted by atomic mass is 79.9. The molecule has 1 amide bonds. The second kappa shape index (κ2) is 7.13. The molecule has 1 aliphatic heterocycles. The van der Waals surface area contributed by atoms with E-state index in [2.05, 4.69) is 15.9 Å². The average Bonchev–Trinajstić information content (AvgIpc) is 2.84. The number of benzene rings is 1. The Balaban J connectivity index is 2.14. The van der Waals surface area contributed by atoms with Crippen molar-refractivity contribution in [2.75, 3.05) is 0 Å². The van der Waals surface area contributed by atoms with Crippen molar-refractivity contribution in [3.8, 4) is 5.75 Å². The topological polar surface area (TPSA) is 110 Å². The SMILES string of the molecule is CC(C)(C)OC(=O)C(N)CC(C=O)N1Cc2c(ccc(Br)c2O)C1=O. The molecule has 0 spiro atoms. The van der Waals surface area contributed by atoms with E-state index in [0.717, 1.165) is 0 Å². The first-order valence-corrected chi connectivity index (χ1v) is 8.59. The summed E-state index contributed by atoms with van der Waals surface area (Å²) in [5.41, 5.74) is 5.93. The molecule has 0 saturated carbocycles. The molecule has 3 N–H and O–H groups in total. The van der Waals surface area contributed by atoms with E-state index in [1.54, 1.807) is 32.9 Å². The van der Waals surface area contributed by atoms with Gasteiger partial charge >= 0.3 is 5.97 Å². The minimum atomic E-state index is -1.04. The smallest absolute Gasteiger partial charge is 0.323 e. The van der Waals surface area contributed by atoms with E-state index in [1.807, 2.05) is 0 Å². The van der Waals surface area contributed by atoms with E-state index in [9.17, 15) is 19.5 Å². The van der Waals surface area contributed by atoms with Crippen LogP contribution in [0, 0.1) is 0 Å². The summed E-state index contributed by atoms with van der Waals surface area (Å²) in [6.45, 7) is 5.23. The fraction of sp³-hybridized carbons (Fsp3) is 0.471. The van der Waals surface area contributed by atoms with Gasteiger partial charge in [0, 0.05) is 17.5 Å². The van der Waals surface area contributed by atoms with Crippen molar-refractivity contribution >= 4 is 34.1 Å². The van der Waals surface area contributed by atoms with Gasteiger partial charge in [-0.25, -0.2) is 0 Å². The molecule has 1 aliphatic rings. The van der Waals surface area contributed by atoms with Crippen LogP contribution in [0.4, 0.5) is 0 Å². The van der Waals surface area contributed by atoms with Crippen molar-refractivity contribution in [2.45, 2.75) is 51.4 Å². The number of rotatable bonds is 5. The van der Waals surface area contributed by atoms with Gasteiger partial charge in [-0.2, -0.15) is 0 Å². The second-order valence-corrected chi connectivity index (χ2v) is 7.79. The molecule has 0 fully saturated rings. The standard InChI is InChI=1S/C17H21BrN2O5/c1-17(2,3)25-16(24)13(19)6-9(8-21)20-7-11-10(15(20)23)4-5-12(18)14(11)22/h4-5,8-9,13,22H,6-7,19H2,1-3H3. The maximum atomic E-state index is 12.5. The Labute approximate surface area is 154 Å². The van der Waals surface area contributed by atoms with E-state index in [4.69, 9.17) is 10.5 Å². The summed E-state index contributed by atoms with van der Waals surface area (Å²) in [5, 5.41) is 10.1. The van der Waals surface area contributed by atoms with E-state index in [1.165, 1.54) is 4.90 Å². The second-order valence-electron chi connectivity index (χ2n) is 6.93. The first kappa shape index (κ1) is 19.4. The zero-order valence-electron chi connectivity index (χ0n) is 14.3. The average molecular weight is 413 g/mol. The zero-order valence-corrected chi connectivity index (χ0v) is 15.9. The number of ether oxygens (including phenoxy) is 1. The summed E-state index contributed by atoms with van der Waals surface area (Å²) in [5.74, 6) is -1.05. The molecule has 7 nitrogen and oxygen atoms in total. The third kappa shape index (κ3) is 4.19. The summed E-state index contributed by atoms with van der Waals surface area (Å²) in [6.07, 6.45) is 0.528. The normalized spacial score (nSPS) is 16.4. The first-order chi connectivity index (χ1) is 11.5. The Morgan fingerprint density at radius 2 is 2.12 bits per heavy atom. The molecular weight excluding hydrogens is 392 g/mol. The van der Waals surface area contributed by atoms with Gasteiger partial charge in [-0.3, -0.25) is 9.59 Å². The summed E-state index contributed by atoms with van der Waals surface area (Å²) in [6, 6.07) is 1.22. The van der Waals surface area contributed by atoms with Crippen LogP contribution in [0.15, 0.2) is 16.6 Å². The number of hydrogen-bond acceptors (Lipinski definition) is 6. The van der Waals surface area contributed by atoms with Gasteiger partial charge in [0.1, 0.15) is 23.7 Å². The molecule has 0 saturated heterocycles. The molecule has 0 aromatic heterocycles. The van der Waals surface area contributed by atoms with Crippen LogP contribution < -0.4 is 5.73 Å². The Bertz CT molecular complexity index is 714. The van der Waals surface area contributed by atoms with Gasteiger partial charge in [0.2, 0.25) is 0 Å². The number of aromatic hydroxyl groups is 1. The molecule has 0 aliphatic carbocycles. The lowest BCUT2D eigenvalue weighted by Crippen LogP contribution is -2.45. The highest BCUT2D eigenvalue weighted by Crippen LogP contribution is 2.36. The van der Waals surface area contributed by atoms with Crippen molar-refractivity contribution in [1.29, 1.82) is 0 Å². The van der Waals surface area contributed by atoms with Crippen molar-refractivity contribution in [3.05, 3.63) is 27.7 Å². The number of phenols is 1. The van der Waals surface area contributed by atoms with Crippen molar-refractivity contribution < 1.29 is 24.2 Å². The van der Waals surface area contributed by atoms with Crippen LogP contribution in [0.1, 0.15) is 43.1 Å². The lowest BCUT2D eigenvalue weighted by atomic mass is 10.1. The molecule has 2 atom stereocenters. The summed E-state index contributed by atoms with van der Waals surface area (Å²) in [7, 11) is 0. The van der Waals surface area contributed by atoms with Gasteiger partial charge in [0.15, 0.2) is 0 Å². The lowest BCUT2D eigenvalue weighted by molar-refractivity contribution is -0.156. The third-order valence-corrected chi connectivity index (χ3v) is 4.46. The highest BCUT2D eigenvalue weighted by molar-refractivity contribution is 9.10. The minimum absolute atomic E-state index is 0.0329. The van der Waals surface area contributed by atoms with Crippen LogP contribution in [0.5, 0.6) is 5.75 Å². The number of carbonyl (C=O) groups excluding carboxylic acids is 3. The van der Waals surface area contributed by atoms with Gasteiger partial charge in [-0.1, -0.05) is 0 Å². The highest BCUT2D eigenvalue weighted by Gasteiger charge is 2.36. The first-order valence-electron chi connectivity index (χ1n) is 7.80. The predicted molar refractivity (Wildman–Crippen MR) is 94.0 cm³/mol. The number of hydrogen-bond donors (Lipinski definition) is 2. The molecule has 2 rings (SSSR count). The maximum Gasteiger partial charge on any atom is 0.323 e. The van der Waals surface area contributed by atoms with Crippen LogP contribution >= 0.6 is 15.9 Å². The van der Waals surface area contributed by atoms with Crippen LogP contribution in [0.3, 0.4) is 0 Å². The molecule has 1 heterocycles. The van der Waals surface area contributed by atoms with Gasteiger partial charge < -0.3 is 25.3 Å². The molecule has 25 heavy (non-hydrogen) atoms. The maximum absolute atomic E-state index is 12.5. The van der Waals surface area contributed by atoms with Crippen LogP contribution in [0.25, 0.3) is 0 Å². The van der Waals surface area contributed by atoms with E-state index in [-0.39, 0.29) is 24.6 Å². The number of amides is 1. The van der Waals surface area contributed by atoms with Crippen molar-refractivity contribution in [3.63, 3.8) is 0 Å². The summed E-state index contributed by atoms with van der Waals surface area (Å²) < 4.78 is 5.67. The minimum Gasteiger partial charge on any atom is -0.506 e. The van der Waals surface area contributed by atoms with E-state index < -0.39 is 23.7 Å². The monoisotopic (exact) mass is 412 g/mol. The largest absolute Gasteiger partial charge is 0.506 e. The number of carbonyl (C=O) groups is 3. The fourth-order valence-electron chi connectivity index (χ4n) is 2.62. The fourth-order valence-corrected chi connectivity index (χ4v) is 2.99. The third-order valence-electron chi connectivity index (χ3n) is 3.82. The number of halogens is 1. The summed E-state index contributed by atoms with van der Waals surface area (Å²) in [4.78, 5) is 37.3. The Kier molecular flexibility index (Phi) is 5.53. The molecule has 0 bridgehead atoms. The molecule has 8 heteroatoms. The van der Waals surface area contributed by atoms with Gasteiger partial charge in [0.05, 0.1) is 17.1 Å². The number of fused-ring (bicyclic) bond motifs is 1. The van der Waals surface area contributed by atoms with Crippen LogP contribution in [0.2, 0.25) is 0 Å². The van der Waals surface area contributed by atoms with Crippen molar-refractivity contribution in [1.82, 2.24) is 4.90 Å². The molecule has 1 aromatic carbocycles. The summed E-state index contributed by atoms with van der Waals surface area (Å²) >= 11 is 3.20.